The molecule has 0 aromatic carbocycles. The van der Waals surface area contributed by atoms with Crippen molar-refractivity contribution in [1.82, 2.24) is 0 Å². The average molecular weight is 413 g/mol. The van der Waals surface area contributed by atoms with E-state index >= 15 is 0 Å². The van der Waals surface area contributed by atoms with E-state index in [0.29, 0.717) is 31.3 Å². The molecule has 0 bridgehead atoms. The number of hydrogen-bond donors (Lipinski definition) is 0. The molecule has 0 fully saturated rings. The summed E-state index contributed by atoms with van der Waals surface area (Å²) in [4.78, 5) is 23.7. The average Bonchev–Trinajstić information content (AvgIpc) is 2.66. The molecule has 0 aliphatic rings. The van der Waals surface area contributed by atoms with Gasteiger partial charge in [-0.2, -0.15) is 0 Å². The molecule has 0 unspecified atom stereocenters. The molecule has 4 nitrogen and oxygen atoms in total. The zero-order valence-electron chi connectivity index (χ0n) is 20.0. The van der Waals surface area contributed by atoms with Crippen LogP contribution >= 0.6 is 0 Å². The molecule has 0 amide bonds. The number of hydrogen-bond acceptors (Lipinski definition) is 4. The molecule has 0 aliphatic carbocycles. The minimum Gasteiger partial charge on any atom is -0.466 e. The molecule has 172 valence electrons. The summed E-state index contributed by atoms with van der Waals surface area (Å²) in [5, 5.41) is 0. The van der Waals surface area contributed by atoms with Crippen molar-refractivity contribution in [2.75, 3.05) is 6.61 Å². The minimum atomic E-state index is -0.0643. The van der Waals surface area contributed by atoms with Gasteiger partial charge in [-0.3, -0.25) is 9.59 Å². The van der Waals surface area contributed by atoms with E-state index in [1.165, 1.54) is 25.7 Å². The van der Waals surface area contributed by atoms with Crippen molar-refractivity contribution in [1.29, 1.82) is 0 Å². The van der Waals surface area contributed by atoms with Gasteiger partial charge in [-0.15, -0.1) is 0 Å². The van der Waals surface area contributed by atoms with Crippen LogP contribution in [-0.2, 0) is 19.1 Å². The third kappa shape index (κ3) is 17.5. The van der Waals surface area contributed by atoms with Gasteiger partial charge in [0.15, 0.2) is 0 Å². The molecule has 0 aromatic heterocycles. The van der Waals surface area contributed by atoms with E-state index in [0.717, 1.165) is 51.4 Å². The lowest BCUT2D eigenvalue weighted by Gasteiger charge is -2.24. The molecular weight excluding hydrogens is 364 g/mol. The minimum absolute atomic E-state index is 0.0170. The zero-order valence-corrected chi connectivity index (χ0v) is 20.0. The van der Waals surface area contributed by atoms with Crippen molar-refractivity contribution in [3.8, 4) is 0 Å². The number of rotatable bonds is 19. The second-order valence-electron chi connectivity index (χ2n) is 9.05. The zero-order chi connectivity index (χ0) is 21.9. The van der Waals surface area contributed by atoms with E-state index in [9.17, 15) is 9.59 Å². The first kappa shape index (κ1) is 27.9. The van der Waals surface area contributed by atoms with Crippen LogP contribution in [0.25, 0.3) is 0 Å². The van der Waals surface area contributed by atoms with Gasteiger partial charge in [-0.25, -0.2) is 0 Å². The van der Waals surface area contributed by atoms with Crippen LogP contribution in [0.3, 0.4) is 0 Å². The Morgan fingerprint density at radius 3 is 1.59 bits per heavy atom. The van der Waals surface area contributed by atoms with Crippen LogP contribution in [0.15, 0.2) is 0 Å². The lowest BCUT2D eigenvalue weighted by atomic mass is 9.96. The fourth-order valence-corrected chi connectivity index (χ4v) is 3.64. The number of esters is 2. The van der Waals surface area contributed by atoms with Crippen molar-refractivity contribution in [2.45, 2.75) is 131 Å². The van der Waals surface area contributed by atoms with E-state index in [1.807, 2.05) is 0 Å². The first-order valence-corrected chi connectivity index (χ1v) is 12.2. The predicted molar refractivity (Wildman–Crippen MR) is 121 cm³/mol. The van der Waals surface area contributed by atoms with Crippen LogP contribution in [0.4, 0.5) is 0 Å². The maximum Gasteiger partial charge on any atom is 0.306 e. The lowest BCUT2D eigenvalue weighted by Crippen LogP contribution is -2.28. The molecule has 0 aromatic rings. The van der Waals surface area contributed by atoms with E-state index < -0.39 is 0 Å². The Hall–Kier alpha value is -1.06. The van der Waals surface area contributed by atoms with Crippen molar-refractivity contribution in [3.63, 3.8) is 0 Å². The summed E-state index contributed by atoms with van der Waals surface area (Å²) < 4.78 is 10.9. The van der Waals surface area contributed by atoms with Crippen LogP contribution in [0.2, 0.25) is 0 Å². The molecule has 0 aliphatic heterocycles. The van der Waals surface area contributed by atoms with Crippen molar-refractivity contribution in [2.24, 2.45) is 11.8 Å². The maximum atomic E-state index is 12.0. The highest BCUT2D eigenvalue weighted by Crippen LogP contribution is 2.18. The molecule has 0 saturated carbocycles. The summed E-state index contributed by atoms with van der Waals surface area (Å²) in [6.07, 6.45) is 14.5. The second kappa shape index (κ2) is 18.9. The lowest BCUT2D eigenvalue weighted by molar-refractivity contribution is -0.154. The predicted octanol–water partition coefficient (Wildman–Crippen LogP) is 7.23. The van der Waals surface area contributed by atoms with Crippen molar-refractivity contribution in [3.05, 3.63) is 0 Å². The van der Waals surface area contributed by atoms with Crippen LogP contribution in [-0.4, -0.2) is 24.6 Å². The first-order valence-electron chi connectivity index (χ1n) is 12.2. The molecule has 0 atom stereocenters. The maximum absolute atomic E-state index is 12.0. The largest absolute Gasteiger partial charge is 0.466 e. The molecule has 0 saturated heterocycles. The second-order valence-corrected chi connectivity index (χ2v) is 9.05. The number of carbonyl (C=O) groups is 2. The number of unbranched alkanes of at least 4 members (excludes halogenated alkanes) is 10. The summed E-state index contributed by atoms with van der Waals surface area (Å²) >= 11 is 0. The molecule has 0 heterocycles. The normalized spacial score (nSPS) is 11.4. The van der Waals surface area contributed by atoms with Crippen molar-refractivity contribution < 1.29 is 19.1 Å². The fourth-order valence-electron chi connectivity index (χ4n) is 3.64. The Balaban J connectivity index is 3.48. The van der Waals surface area contributed by atoms with Gasteiger partial charge in [0.25, 0.3) is 0 Å². The third-order valence-electron chi connectivity index (χ3n) is 5.35. The monoisotopic (exact) mass is 412 g/mol. The van der Waals surface area contributed by atoms with E-state index in [1.54, 1.807) is 0 Å². The Morgan fingerprint density at radius 2 is 1.07 bits per heavy atom. The molecular formula is C25H48O4. The molecule has 0 radical (unpaired) electrons. The van der Waals surface area contributed by atoms with Crippen LogP contribution in [0.1, 0.15) is 125 Å². The Morgan fingerprint density at radius 1 is 0.621 bits per heavy atom. The summed E-state index contributed by atoms with van der Waals surface area (Å²) in [6.45, 7) is 11.2. The van der Waals surface area contributed by atoms with Gasteiger partial charge < -0.3 is 9.47 Å². The van der Waals surface area contributed by atoms with Gasteiger partial charge >= 0.3 is 11.9 Å². The molecule has 0 rings (SSSR count). The summed E-state index contributed by atoms with van der Waals surface area (Å²) in [6, 6.07) is 0. The highest BCUT2D eigenvalue weighted by Gasteiger charge is 2.21. The smallest absolute Gasteiger partial charge is 0.306 e. The summed E-state index contributed by atoms with van der Waals surface area (Å²) in [5.74, 6) is 0.601. The van der Waals surface area contributed by atoms with Crippen LogP contribution in [0.5, 0.6) is 0 Å². The molecule has 29 heavy (non-hydrogen) atoms. The van der Waals surface area contributed by atoms with Crippen LogP contribution in [0, 0.1) is 11.8 Å². The van der Waals surface area contributed by atoms with E-state index in [4.69, 9.17) is 9.47 Å². The number of carbonyl (C=O) groups excluding carboxylic acids is 2. The van der Waals surface area contributed by atoms with E-state index in [-0.39, 0.29) is 18.0 Å². The SMILES string of the molecule is CCCCCCCCOC(=O)CCCCCCCCC(=O)OC(C(C)C)C(C)C. The highest BCUT2D eigenvalue weighted by atomic mass is 16.5. The molecule has 4 heteroatoms. The molecule has 0 N–H and O–H groups in total. The van der Waals surface area contributed by atoms with E-state index in [2.05, 4.69) is 34.6 Å². The summed E-state index contributed by atoms with van der Waals surface area (Å²) in [7, 11) is 0. The van der Waals surface area contributed by atoms with Crippen molar-refractivity contribution >= 4 is 11.9 Å². The topological polar surface area (TPSA) is 52.6 Å². The quantitative estimate of drug-likeness (QED) is 0.166. The third-order valence-corrected chi connectivity index (χ3v) is 5.35. The standard InChI is InChI=1S/C25H48O4/c1-6-7-8-9-14-17-20-28-23(26)18-15-12-10-11-13-16-19-24(27)29-25(21(2)3)22(4)5/h21-22,25H,6-20H2,1-5H3. The van der Waals surface area contributed by atoms with Gasteiger partial charge in [0.2, 0.25) is 0 Å². The highest BCUT2D eigenvalue weighted by molar-refractivity contribution is 5.69. The van der Waals surface area contributed by atoms with Gasteiger partial charge in [0, 0.05) is 12.8 Å². The Labute approximate surface area is 180 Å². The van der Waals surface area contributed by atoms with Gasteiger partial charge in [0.1, 0.15) is 6.10 Å². The number of ether oxygens (including phenoxy) is 2. The molecule has 0 spiro atoms. The van der Waals surface area contributed by atoms with Gasteiger partial charge in [-0.05, 0) is 31.1 Å². The summed E-state index contributed by atoms with van der Waals surface area (Å²) in [5.41, 5.74) is 0. The first-order chi connectivity index (χ1) is 13.9. The Kier molecular flexibility index (Phi) is 18.2. The Bertz CT molecular complexity index is 396. The fraction of sp³-hybridized carbons (Fsp3) is 0.920. The van der Waals surface area contributed by atoms with Gasteiger partial charge in [0.05, 0.1) is 6.61 Å². The van der Waals surface area contributed by atoms with Crippen LogP contribution < -0.4 is 0 Å². The van der Waals surface area contributed by atoms with Gasteiger partial charge in [-0.1, -0.05) is 92.4 Å².